The van der Waals surface area contributed by atoms with Crippen molar-refractivity contribution in [1.82, 2.24) is 0 Å². The molecular weight excluding hydrogens is 250 g/mol. The topological polar surface area (TPSA) is 69.4 Å². The van der Waals surface area contributed by atoms with E-state index >= 15 is 0 Å². The summed E-state index contributed by atoms with van der Waals surface area (Å²) in [5, 5.41) is 0. The highest BCUT2D eigenvalue weighted by Crippen LogP contribution is 2.26. The molecule has 0 aliphatic heterocycles. The highest BCUT2D eigenvalue weighted by atomic mass is 35.5. The number of benzene rings is 1. The largest absolute Gasteiger partial charge is 0.399 e. The Labute approximate surface area is 101 Å². The molecule has 1 aromatic carbocycles. The molecule has 6 heteroatoms. The van der Waals surface area contributed by atoms with Gasteiger partial charge in [-0.2, -0.15) is 8.42 Å². The van der Waals surface area contributed by atoms with Gasteiger partial charge in [-0.1, -0.05) is 6.07 Å². The summed E-state index contributed by atoms with van der Waals surface area (Å²) >= 11 is 0. The van der Waals surface area contributed by atoms with Gasteiger partial charge in [-0.05, 0) is 23.3 Å². The summed E-state index contributed by atoms with van der Waals surface area (Å²) in [5.41, 5.74) is 8.56. The highest BCUT2D eigenvalue weighted by Gasteiger charge is 2.25. The summed E-state index contributed by atoms with van der Waals surface area (Å²) in [4.78, 5) is 0. The molecule has 0 amide bonds. The molecule has 1 atom stereocenters. The van der Waals surface area contributed by atoms with Crippen molar-refractivity contribution >= 4 is 28.2 Å². The molecule has 1 aromatic rings. The number of halogens is 1. The van der Waals surface area contributed by atoms with Gasteiger partial charge in [0.05, 0.1) is 12.4 Å². The van der Waals surface area contributed by atoms with Gasteiger partial charge in [-0.3, -0.25) is 4.18 Å². The van der Waals surface area contributed by atoms with Crippen LogP contribution in [0.4, 0.5) is 5.69 Å². The number of hydrogen-bond acceptors (Lipinski definition) is 4. The summed E-state index contributed by atoms with van der Waals surface area (Å²) in [6.45, 7) is 0. The molecule has 16 heavy (non-hydrogen) atoms. The van der Waals surface area contributed by atoms with Gasteiger partial charge in [-0.25, -0.2) is 0 Å². The van der Waals surface area contributed by atoms with E-state index in [9.17, 15) is 8.42 Å². The Morgan fingerprint density at radius 3 is 2.56 bits per heavy atom. The van der Waals surface area contributed by atoms with Crippen LogP contribution in [0.1, 0.15) is 11.1 Å². The smallest absolute Gasteiger partial charge is 0.264 e. The molecule has 0 radical (unpaired) electrons. The molecule has 0 saturated heterocycles. The van der Waals surface area contributed by atoms with Crippen molar-refractivity contribution in [1.29, 1.82) is 0 Å². The standard InChI is InChI=1S/C10H13NO3S.ClH/c1-15(12,13)14-10-5-7-2-3-9(11)4-8(7)6-10;/h2-4,10H,5-6,11H2,1H3;1H. The van der Waals surface area contributed by atoms with Gasteiger partial charge in [0.25, 0.3) is 10.1 Å². The third-order valence-corrected chi connectivity index (χ3v) is 3.06. The van der Waals surface area contributed by atoms with E-state index < -0.39 is 10.1 Å². The molecule has 1 aliphatic carbocycles. The lowest BCUT2D eigenvalue weighted by Gasteiger charge is -2.07. The zero-order valence-corrected chi connectivity index (χ0v) is 10.5. The Balaban J connectivity index is 0.00000128. The number of nitrogen functional groups attached to an aromatic ring is 1. The van der Waals surface area contributed by atoms with E-state index in [-0.39, 0.29) is 18.5 Å². The first-order valence-corrected chi connectivity index (χ1v) is 6.51. The Hall–Kier alpha value is -0.780. The molecule has 0 fully saturated rings. The van der Waals surface area contributed by atoms with Crippen LogP contribution in [-0.2, 0) is 27.1 Å². The lowest BCUT2D eigenvalue weighted by atomic mass is 10.1. The van der Waals surface area contributed by atoms with Crippen molar-refractivity contribution < 1.29 is 12.6 Å². The second kappa shape index (κ2) is 4.61. The Kier molecular flexibility index (Phi) is 3.83. The molecule has 0 aromatic heterocycles. The molecule has 0 spiro atoms. The predicted octanol–water partition coefficient (Wildman–Crippen LogP) is 1.13. The van der Waals surface area contributed by atoms with Crippen LogP contribution in [-0.4, -0.2) is 20.8 Å². The monoisotopic (exact) mass is 263 g/mol. The van der Waals surface area contributed by atoms with Gasteiger partial charge in [0.1, 0.15) is 0 Å². The zero-order valence-electron chi connectivity index (χ0n) is 8.84. The number of anilines is 1. The fourth-order valence-electron chi connectivity index (χ4n) is 1.91. The second-order valence-corrected chi connectivity index (χ2v) is 5.46. The summed E-state index contributed by atoms with van der Waals surface area (Å²) < 4.78 is 26.9. The van der Waals surface area contributed by atoms with Gasteiger partial charge < -0.3 is 5.73 Å². The summed E-state index contributed by atoms with van der Waals surface area (Å²) in [6.07, 6.45) is 2.07. The van der Waals surface area contributed by atoms with Crippen LogP contribution in [0, 0.1) is 0 Å². The van der Waals surface area contributed by atoms with Crippen molar-refractivity contribution in [3.05, 3.63) is 29.3 Å². The summed E-state index contributed by atoms with van der Waals surface area (Å²) in [6, 6.07) is 5.62. The maximum absolute atomic E-state index is 11.0. The van der Waals surface area contributed by atoms with Gasteiger partial charge in [0.2, 0.25) is 0 Å². The van der Waals surface area contributed by atoms with E-state index in [0.717, 1.165) is 17.4 Å². The summed E-state index contributed by atoms with van der Waals surface area (Å²) in [7, 11) is -3.37. The minimum absolute atomic E-state index is 0. The van der Waals surface area contributed by atoms with E-state index in [1.165, 1.54) is 0 Å². The van der Waals surface area contributed by atoms with E-state index in [1.807, 2.05) is 18.2 Å². The van der Waals surface area contributed by atoms with Crippen molar-refractivity contribution in [3.63, 3.8) is 0 Å². The lowest BCUT2D eigenvalue weighted by molar-refractivity contribution is 0.223. The van der Waals surface area contributed by atoms with Crippen molar-refractivity contribution in [2.45, 2.75) is 18.9 Å². The lowest BCUT2D eigenvalue weighted by Crippen LogP contribution is -2.17. The van der Waals surface area contributed by atoms with Crippen LogP contribution < -0.4 is 5.73 Å². The molecule has 2 N–H and O–H groups in total. The first kappa shape index (κ1) is 13.3. The van der Waals surface area contributed by atoms with Gasteiger partial charge in [0.15, 0.2) is 0 Å². The van der Waals surface area contributed by atoms with Crippen LogP contribution in [0.15, 0.2) is 18.2 Å². The van der Waals surface area contributed by atoms with Crippen molar-refractivity contribution in [3.8, 4) is 0 Å². The van der Waals surface area contributed by atoms with Gasteiger partial charge in [-0.15, -0.1) is 12.4 Å². The van der Waals surface area contributed by atoms with Crippen LogP contribution in [0.3, 0.4) is 0 Å². The molecule has 0 saturated carbocycles. The maximum atomic E-state index is 11.0. The average Bonchev–Trinajstić information content (AvgIpc) is 2.42. The van der Waals surface area contributed by atoms with Gasteiger partial charge in [0, 0.05) is 18.5 Å². The Morgan fingerprint density at radius 1 is 1.31 bits per heavy atom. The molecule has 1 aliphatic rings. The van der Waals surface area contributed by atoms with Crippen LogP contribution >= 0.6 is 12.4 Å². The number of hydrogen-bond donors (Lipinski definition) is 1. The number of fused-ring (bicyclic) bond motifs is 1. The first-order chi connectivity index (χ1) is 6.94. The van der Waals surface area contributed by atoms with Crippen LogP contribution in [0.2, 0.25) is 0 Å². The van der Waals surface area contributed by atoms with Gasteiger partial charge >= 0.3 is 0 Å². The van der Waals surface area contributed by atoms with Crippen LogP contribution in [0.25, 0.3) is 0 Å². The Morgan fingerprint density at radius 2 is 1.94 bits per heavy atom. The number of nitrogens with two attached hydrogens (primary N) is 1. The predicted molar refractivity (Wildman–Crippen MR) is 65.2 cm³/mol. The van der Waals surface area contributed by atoms with E-state index in [1.54, 1.807) is 0 Å². The van der Waals surface area contributed by atoms with E-state index in [2.05, 4.69) is 0 Å². The van der Waals surface area contributed by atoms with Crippen molar-refractivity contribution in [2.75, 3.05) is 12.0 Å². The quantitative estimate of drug-likeness (QED) is 0.642. The molecule has 0 bridgehead atoms. The van der Waals surface area contributed by atoms with E-state index in [4.69, 9.17) is 9.92 Å². The minimum Gasteiger partial charge on any atom is -0.399 e. The number of rotatable bonds is 2. The molecule has 2 rings (SSSR count). The van der Waals surface area contributed by atoms with E-state index in [0.29, 0.717) is 18.5 Å². The van der Waals surface area contributed by atoms with Crippen molar-refractivity contribution in [2.24, 2.45) is 0 Å². The normalized spacial score (nSPS) is 18.9. The third kappa shape index (κ3) is 3.10. The maximum Gasteiger partial charge on any atom is 0.264 e. The average molecular weight is 264 g/mol. The third-order valence-electron chi connectivity index (χ3n) is 2.44. The fourth-order valence-corrected chi connectivity index (χ4v) is 2.54. The second-order valence-electron chi connectivity index (χ2n) is 3.86. The molecule has 90 valence electrons. The molecule has 1 unspecified atom stereocenters. The molecular formula is C10H14ClNO3S. The minimum atomic E-state index is -3.37. The van der Waals surface area contributed by atoms with Crippen LogP contribution in [0.5, 0.6) is 0 Å². The molecule has 0 heterocycles. The highest BCUT2D eigenvalue weighted by molar-refractivity contribution is 7.86. The molecule has 4 nitrogen and oxygen atoms in total. The SMILES string of the molecule is CS(=O)(=O)OC1Cc2ccc(N)cc2C1.Cl. The fraction of sp³-hybridized carbons (Fsp3) is 0.400. The Bertz CT molecular complexity index is 487. The first-order valence-electron chi connectivity index (χ1n) is 4.69. The summed E-state index contributed by atoms with van der Waals surface area (Å²) in [5.74, 6) is 0. The zero-order chi connectivity index (χ0) is 11.1.